The summed E-state index contributed by atoms with van der Waals surface area (Å²) in [6.07, 6.45) is 0.496. The summed E-state index contributed by atoms with van der Waals surface area (Å²) in [6, 6.07) is 8.11. The highest BCUT2D eigenvalue weighted by Crippen LogP contribution is 2.22. The van der Waals surface area contributed by atoms with Gasteiger partial charge in [0.25, 0.3) is 0 Å². The van der Waals surface area contributed by atoms with Gasteiger partial charge in [0, 0.05) is 6.54 Å². The van der Waals surface area contributed by atoms with Crippen LogP contribution < -0.4 is 5.73 Å². The lowest BCUT2D eigenvalue weighted by molar-refractivity contribution is -0.141. The van der Waals surface area contributed by atoms with Crippen LogP contribution in [0.15, 0.2) is 24.3 Å². The summed E-state index contributed by atoms with van der Waals surface area (Å²) < 4.78 is 0. The Balaban J connectivity index is 0.00000289. The lowest BCUT2D eigenvalue weighted by Crippen LogP contribution is -2.25. The van der Waals surface area contributed by atoms with Crippen LogP contribution in [-0.4, -0.2) is 17.6 Å². The molecule has 1 atom stereocenters. The molecule has 0 bridgehead atoms. The van der Waals surface area contributed by atoms with Gasteiger partial charge in [0.05, 0.1) is 5.92 Å². The number of carboxylic acids is 1. The predicted molar refractivity (Wildman–Crippen MR) is 76.3 cm³/mol. The molecule has 18 heavy (non-hydrogen) atoms. The van der Waals surface area contributed by atoms with E-state index in [2.05, 4.69) is 32.9 Å². The van der Waals surface area contributed by atoms with Crippen molar-refractivity contribution in [1.29, 1.82) is 0 Å². The average molecular weight is 272 g/mol. The predicted octanol–water partition coefficient (Wildman–Crippen LogP) is 2.61. The smallest absolute Gasteiger partial charge is 0.308 e. The topological polar surface area (TPSA) is 63.3 Å². The van der Waals surface area contributed by atoms with Crippen molar-refractivity contribution in [2.24, 2.45) is 11.7 Å². The second-order valence-corrected chi connectivity index (χ2v) is 5.42. The van der Waals surface area contributed by atoms with Crippen molar-refractivity contribution in [3.05, 3.63) is 35.4 Å². The van der Waals surface area contributed by atoms with Crippen molar-refractivity contribution in [3.8, 4) is 0 Å². The summed E-state index contributed by atoms with van der Waals surface area (Å²) in [7, 11) is 0. The molecule has 3 nitrogen and oxygen atoms in total. The van der Waals surface area contributed by atoms with Crippen LogP contribution >= 0.6 is 12.4 Å². The Morgan fingerprint density at radius 2 is 1.78 bits per heavy atom. The molecular weight excluding hydrogens is 250 g/mol. The van der Waals surface area contributed by atoms with Gasteiger partial charge < -0.3 is 10.8 Å². The summed E-state index contributed by atoms with van der Waals surface area (Å²) in [5.74, 6) is -1.32. The first-order chi connectivity index (χ1) is 7.84. The minimum absolute atomic E-state index is 0. The fraction of sp³-hybridized carbons (Fsp3) is 0.500. The van der Waals surface area contributed by atoms with Crippen LogP contribution in [0, 0.1) is 5.92 Å². The molecule has 0 aromatic heterocycles. The zero-order valence-electron chi connectivity index (χ0n) is 11.1. The molecular formula is C14H22ClNO2. The number of hydrogen-bond donors (Lipinski definition) is 2. The van der Waals surface area contributed by atoms with Crippen LogP contribution in [0.4, 0.5) is 0 Å². The number of hydrogen-bond acceptors (Lipinski definition) is 2. The van der Waals surface area contributed by atoms with Gasteiger partial charge in [0.15, 0.2) is 0 Å². The molecule has 0 fully saturated rings. The number of nitrogens with two attached hydrogens (primary N) is 1. The first-order valence-electron chi connectivity index (χ1n) is 5.87. The van der Waals surface area contributed by atoms with Crippen molar-refractivity contribution in [1.82, 2.24) is 0 Å². The van der Waals surface area contributed by atoms with Gasteiger partial charge in [-0.15, -0.1) is 12.4 Å². The van der Waals surface area contributed by atoms with Gasteiger partial charge >= 0.3 is 5.97 Å². The molecule has 1 rings (SSSR count). The number of aliphatic carboxylic acids is 1. The zero-order chi connectivity index (χ0) is 13.1. The molecule has 0 saturated heterocycles. The maximum absolute atomic E-state index is 10.9. The van der Waals surface area contributed by atoms with Gasteiger partial charge in [-0.25, -0.2) is 0 Å². The molecule has 4 heteroatoms. The Morgan fingerprint density at radius 1 is 1.28 bits per heavy atom. The van der Waals surface area contributed by atoms with Crippen LogP contribution in [0.2, 0.25) is 0 Å². The summed E-state index contributed by atoms with van der Waals surface area (Å²) >= 11 is 0. The molecule has 1 aromatic carbocycles. The van der Waals surface area contributed by atoms with Crippen molar-refractivity contribution in [3.63, 3.8) is 0 Å². The highest BCUT2D eigenvalue weighted by atomic mass is 35.5. The molecule has 0 saturated carbocycles. The van der Waals surface area contributed by atoms with Gasteiger partial charge in [-0.05, 0) is 23.0 Å². The van der Waals surface area contributed by atoms with Crippen LogP contribution in [0.1, 0.15) is 31.9 Å². The third-order valence-electron chi connectivity index (χ3n) is 2.94. The quantitative estimate of drug-likeness (QED) is 0.885. The molecule has 0 amide bonds. The van der Waals surface area contributed by atoms with Crippen molar-refractivity contribution < 1.29 is 9.90 Å². The van der Waals surface area contributed by atoms with Gasteiger partial charge in [0.2, 0.25) is 0 Å². The number of carbonyl (C=O) groups is 1. The molecule has 0 aliphatic heterocycles. The molecule has 0 heterocycles. The minimum Gasteiger partial charge on any atom is -0.481 e. The normalized spacial score (nSPS) is 12.7. The van der Waals surface area contributed by atoms with E-state index < -0.39 is 11.9 Å². The Morgan fingerprint density at radius 3 is 2.11 bits per heavy atom. The molecule has 102 valence electrons. The lowest BCUT2D eigenvalue weighted by atomic mass is 9.86. The second-order valence-electron chi connectivity index (χ2n) is 5.42. The third-order valence-corrected chi connectivity index (χ3v) is 2.94. The molecule has 0 unspecified atom stereocenters. The summed E-state index contributed by atoms with van der Waals surface area (Å²) in [5.41, 5.74) is 7.84. The van der Waals surface area contributed by atoms with Crippen LogP contribution in [-0.2, 0) is 16.6 Å². The van der Waals surface area contributed by atoms with Crippen molar-refractivity contribution in [2.75, 3.05) is 6.54 Å². The van der Waals surface area contributed by atoms with E-state index in [0.29, 0.717) is 6.42 Å². The number of halogens is 1. The average Bonchev–Trinajstić information content (AvgIpc) is 2.25. The zero-order valence-corrected chi connectivity index (χ0v) is 12.0. The molecule has 0 aliphatic rings. The number of carboxylic acid groups (broad SMARTS) is 1. The minimum atomic E-state index is -0.826. The summed E-state index contributed by atoms with van der Waals surface area (Å²) in [5, 5.41) is 8.94. The van der Waals surface area contributed by atoms with E-state index in [0.717, 1.165) is 5.56 Å². The Hall–Kier alpha value is -1.06. The van der Waals surface area contributed by atoms with Gasteiger partial charge in [0.1, 0.15) is 0 Å². The highest BCUT2D eigenvalue weighted by molar-refractivity contribution is 5.85. The van der Waals surface area contributed by atoms with E-state index in [9.17, 15) is 4.79 Å². The fourth-order valence-corrected chi connectivity index (χ4v) is 1.70. The van der Waals surface area contributed by atoms with Crippen LogP contribution in [0.5, 0.6) is 0 Å². The van der Waals surface area contributed by atoms with E-state index >= 15 is 0 Å². The highest BCUT2D eigenvalue weighted by Gasteiger charge is 2.17. The molecule has 1 aromatic rings. The maximum atomic E-state index is 10.9. The first-order valence-corrected chi connectivity index (χ1v) is 5.87. The van der Waals surface area contributed by atoms with Gasteiger partial charge in [-0.2, -0.15) is 0 Å². The Labute approximate surface area is 115 Å². The van der Waals surface area contributed by atoms with Gasteiger partial charge in [-0.3, -0.25) is 4.79 Å². The summed E-state index contributed by atoms with van der Waals surface area (Å²) in [6.45, 7) is 6.64. The molecule has 0 spiro atoms. The Bertz CT molecular complexity index is 382. The second kappa shape index (κ2) is 6.76. The van der Waals surface area contributed by atoms with E-state index in [1.807, 2.05) is 12.1 Å². The van der Waals surface area contributed by atoms with E-state index in [4.69, 9.17) is 10.8 Å². The van der Waals surface area contributed by atoms with E-state index in [1.165, 1.54) is 5.56 Å². The molecule has 0 aliphatic carbocycles. The van der Waals surface area contributed by atoms with Crippen molar-refractivity contribution >= 4 is 18.4 Å². The first kappa shape index (κ1) is 16.9. The SMILES string of the molecule is CC(C)(C)c1ccc(C[C@H](CN)C(=O)O)cc1.Cl. The van der Waals surface area contributed by atoms with Crippen LogP contribution in [0.25, 0.3) is 0 Å². The largest absolute Gasteiger partial charge is 0.481 e. The van der Waals surface area contributed by atoms with E-state index in [-0.39, 0.29) is 24.4 Å². The van der Waals surface area contributed by atoms with Crippen molar-refractivity contribution in [2.45, 2.75) is 32.6 Å². The maximum Gasteiger partial charge on any atom is 0.308 e. The fourth-order valence-electron chi connectivity index (χ4n) is 1.70. The van der Waals surface area contributed by atoms with Crippen LogP contribution in [0.3, 0.4) is 0 Å². The van der Waals surface area contributed by atoms with Gasteiger partial charge in [-0.1, -0.05) is 45.0 Å². The summed E-state index contributed by atoms with van der Waals surface area (Å²) in [4.78, 5) is 10.9. The lowest BCUT2D eigenvalue weighted by Gasteiger charge is -2.19. The third kappa shape index (κ3) is 4.67. The number of benzene rings is 1. The Kier molecular flexibility index (Phi) is 6.36. The van der Waals surface area contributed by atoms with E-state index in [1.54, 1.807) is 0 Å². The standard InChI is InChI=1S/C14H21NO2.ClH/c1-14(2,3)12-6-4-10(5-7-12)8-11(9-15)13(16)17;/h4-7,11H,8-9,15H2,1-3H3,(H,16,17);1H/t11-;/m1./s1. The number of rotatable bonds is 4. The molecule has 0 radical (unpaired) electrons. The monoisotopic (exact) mass is 271 g/mol. The molecule has 3 N–H and O–H groups in total.